The van der Waals surface area contributed by atoms with Crippen molar-refractivity contribution in [2.45, 2.75) is 25.3 Å². The van der Waals surface area contributed by atoms with Gasteiger partial charge in [-0.15, -0.1) is 0 Å². The number of aromatic nitrogens is 4. The minimum absolute atomic E-state index is 0.0432. The van der Waals surface area contributed by atoms with Gasteiger partial charge < -0.3 is 20.1 Å². The van der Waals surface area contributed by atoms with Gasteiger partial charge in [-0.25, -0.2) is 14.4 Å². The zero-order valence-electron chi connectivity index (χ0n) is 18.0. The third kappa shape index (κ3) is 4.86. The Morgan fingerprint density at radius 2 is 2.09 bits per heavy atom. The fourth-order valence-electron chi connectivity index (χ4n) is 3.55. The summed E-state index contributed by atoms with van der Waals surface area (Å²) in [6.45, 7) is 1.43. The van der Waals surface area contributed by atoms with Crippen LogP contribution in [0.15, 0.2) is 36.9 Å². The molecule has 2 N–H and O–H groups in total. The van der Waals surface area contributed by atoms with Crippen LogP contribution in [0.4, 0.5) is 16.0 Å². The Kier molecular flexibility index (Phi) is 6.60. The maximum Gasteiger partial charge on any atom is 0.251 e. The molecular formula is C22H25FN6O3. The standard InChI is InChI=1S/C22H25FN6O3/c1-24-21(30)16-7-15(20(23)19(8-16)31-2)4-3-14-9-25-22(26-10-14)28-17-11-27-29(12-17)18-5-6-32-13-18/h7-12,18H,3-6,13H2,1-2H3,(H,24,30)(H,25,26,28)/t18-/m0/s1. The predicted octanol–water partition coefficient (Wildman–Crippen LogP) is 2.67. The SMILES string of the molecule is CNC(=O)c1cc(CCc2cnc(Nc3cnn([C@H]4CCOC4)c3)nc2)c(F)c(OC)c1. The van der Waals surface area contributed by atoms with Crippen molar-refractivity contribution in [3.63, 3.8) is 0 Å². The average molecular weight is 440 g/mol. The summed E-state index contributed by atoms with van der Waals surface area (Å²) in [5.74, 6) is -0.275. The average Bonchev–Trinajstić information content (AvgIpc) is 3.51. The van der Waals surface area contributed by atoms with Crippen LogP contribution in [0.3, 0.4) is 0 Å². The van der Waals surface area contributed by atoms with Gasteiger partial charge >= 0.3 is 0 Å². The summed E-state index contributed by atoms with van der Waals surface area (Å²) in [6.07, 6.45) is 8.86. The number of benzene rings is 1. The zero-order chi connectivity index (χ0) is 22.5. The second kappa shape index (κ2) is 9.73. The van der Waals surface area contributed by atoms with E-state index in [0.29, 0.717) is 36.5 Å². The van der Waals surface area contributed by atoms with Crippen molar-refractivity contribution in [3.8, 4) is 5.75 Å². The summed E-state index contributed by atoms with van der Waals surface area (Å²) >= 11 is 0. The Hall–Kier alpha value is -3.53. The normalized spacial score (nSPS) is 15.5. The lowest BCUT2D eigenvalue weighted by Gasteiger charge is -2.11. The van der Waals surface area contributed by atoms with Gasteiger partial charge in [0.2, 0.25) is 5.95 Å². The van der Waals surface area contributed by atoms with Crippen molar-refractivity contribution in [2.24, 2.45) is 0 Å². The minimum Gasteiger partial charge on any atom is -0.494 e. The molecule has 1 fully saturated rings. The van der Waals surface area contributed by atoms with E-state index in [1.165, 1.54) is 20.2 Å². The van der Waals surface area contributed by atoms with Crippen molar-refractivity contribution in [2.75, 3.05) is 32.7 Å². The van der Waals surface area contributed by atoms with Gasteiger partial charge in [-0.05, 0) is 42.5 Å². The van der Waals surface area contributed by atoms with E-state index < -0.39 is 5.82 Å². The van der Waals surface area contributed by atoms with Crippen LogP contribution in [-0.4, -0.2) is 53.0 Å². The third-order valence-electron chi connectivity index (χ3n) is 5.35. The molecule has 3 aromatic rings. The molecule has 0 radical (unpaired) electrons. The molecule has 9 nitrogen and oxygen atoms in total. The first-order valence-corrected chi connectivity index (χ1v) is 10.4. The monoisotopic (exact) mass is 440 g/mol. The Morgan fingerprint density at radius 1 is 1.28 bits per heavy atom. The molecule has 2 aromatic heterocycles. The van der Waals surface area contributed by atoms with Crippen molar-refractivity contribution >= 4 is 17.5 Å². The number of ether oxygens (including phenoxy) is 2. The van der Waals surface area contributed by atoms with Gasteiger partial charge in [0.1, 0.15) is 0 Å². The molecule has 0 saturated carbocycles. The second-order valence-corrected chi connectivity index (χ2v) is 7.50. The molecule has 32 heavy (non-hydrogen) atoms. The fourth-order valence-corrected chi connectivity index (χ4v) is 3.55. The first-order chi connectivity index (χ1) is 15.6. The molecule has 1 aliphatic heterocycles. The summed E-state index contributed by atoms with van der Waals surface area (Å²) in [4.78, 5) is 20.6. The molecule has 1 aromatic carbocycles. The number of hydrogen-bond acceptors (Lipinski definition) is 7. The largest absolute Gasteiger partial charge is 0.494 e. The topological polar surface area (TPSA) is 103 Å². The van der Waals surface area contributed by atoms with Crippen LogP contribution in [0.1, 0.15) is 33.9 Å². The van der Waals surface area contributed by atoms with Crippen LogP contribution in [0, 0.1) is 5.82 Å². The molecule has 1 saturated heterocycles. The molecule has 4 rings (SSSR count). The maximum atomic E-state index is 14.6. The van der Waals surface area contributed by atoms with Crippen molar-refractivity contribution in [1.29, 1.82) is 0 Å². The van der Waals surface area contributed by atoms with Crippen LogP contribution in [0.2, 0.25) is 0 Å². The number of carbonyl (C=O) groups is 1. The van der Waals surface area contributed by atoms with Gasteiger partial charge in [0, 0.05) is 37.8 Å². The first-order valence-electron chi connectivity index (χ1n) is 10.4. The summed E-state index contributed by atoms with van der Waals surface area (Å²) in [6, 6.07) is 3.19. The number of carbonyl (C=O) groups excluding carboxylic acids is 1. The Bertz CT molecular complexity index is 1080. The molecule has 0 bridgehead atoms. The van der Waals surface area contributed by atoms with Gasteiger partial charge in [0.05, 0.1) is 31.6 Å². The number of aryl methyl sites for hydroxylation is 2. The quantitative estimate of drug-likeness (QED) is 0.555. The number of halogens is 1. The van der Waals surface area contributed by atoms with Crippen LogP contribution in [-0.2, 0) is 17.6 Å². The van der Waals surface area contributed by atoms with Crippen LogP contribution in [0.5, 0.6) is 5.75 Å². The smallest absolute Gasteiger partial charge is 0.251 e. The number of hydrogen-bond donors (Lipinski definition) is 2. The highest BCUT2D eigenvalue weighted by atomic mass is 19.1. The lowest BCUT2D eigenvalue weighted by molar-refractivity contribution is 0.0962. The molecule has 0 spiro atoms. The van der Waals surface area contributed by atoms with E-state index in [9.17, 15) is 9.18 Å². The van der Waals surface area contributed by atoms with Gasteiger partial charge in [0.25, 0.3) is 5.91 Å². The van der Waals surface area contributed by atoms with Gasteiger partial charge in [-0.3, -0.25) is 9.48 Å². The number of nitrogens with one attached hydrogen (secondary N) is 2. The fraction of sp³-hybridized carbons (Fsp3) is 0.364. The first kappa shape index (κ1) is 21.7. The summed E-state index contributed by atoms with van der Waals surface area (Å²) in [5, 5.41) is 10.0. The molecule has 3 heterocycles. The molecule has 1 amide bonds. The molecular weight excluding hydrogens is 415 g/mol. The van der Waals surface area contributed by atoms with Crippen LogP contribution in [0.25, 0.3) is 0 Å². The van der Waals surface area contributed by atoms with Crippen molar-refractivity contribution in [3.05, 3.63) is 59.4 Å². The van der Waals surface area contributed by atoms with E-state index >= 15 is 0 Å². The molecule has 10 heteroatoms. The van der Waals surface area contributed by atoms with Gasteiger partial charge in [-0.2, -0.15) is 5.10 Å². The number of methoxy groups -OCH3 is 1. The Morgan fingerprint density at radius 3 is 2.78 bits per heavy atom. The van der Waals surface area contributed by atoms with E-state index in [2.05, 4.69) is 25.7 Å². The highest BCUT2D eigenvalue weighted by Gasteiger charge is 2.18. The van der Waals surface area contributed by atoms with Crippen LogP contribution >= 0.6 is 0 Å². The lowest BCUT2D eigenvalue weighted by atomic mass is 10.0. The summed E-state index contributed by atoms with van der Waals surface area (Å²) < 4.78 is 27.0. The van der Waals surface area contributed by atoms with E-state index in [1.54, 1.807) is 24.7 Å². The lowest BCUT2D eigenvalue weighted by Crippen LogP contribution is -2.18. The summed E-state index contributed by atoms with van der Waals surface area (Å²) in [5.41, 5.74) is 2.39. The molecule has 1 aliphatic rings. The van der Waals surface area contributed by atoms with E-state index in [0.717, 1.165) is 24.3 Å². The van der Waals surface area contributed by atoms with E-state index in [-0.39, 0.29) is 17.7 Å². The van der Waals surface area contributed by atoms with Crippen molar-refractivity contribution in [1.82, 2.24) is 25.1 Å². The Labute approximate surface area is 185 Å². The van der Waals surface area contributed by atoms with Crippen molar-refractivity contribution < 1.29 is 18.7 Å². The van der Waals surface area contributed by atoms with Crippen LogP contribution < -0.4 is 15.4 Å². The Balaban J connectivity index is 1.39. The highest BCUT2D eigenvalue weighted by molar-refractivity contribution is 5.94. The predicted molar refractivity (Wildman–Crippen MR) is 116 cm³/mol. The second-order valence-electron chi connectivity index (χ2n) is 7.50. The van der Waals surface area contributed by atoms with Gasteiger partial charge in [0.15, 0.2) is 11.6 Å². The maximum absolute atomic E-state index is 14.6. The molecule has 168 valence electrons. The number of nitrogens with zero attached hydrogens (tertiary/aromatic N) is 4. The molecule has 0 unspecified atom stereocenters. The minimum atomic E-state index is -0.468. The van der Waals surface area contributed by atoms with Gasteiger partial charge in [-0.1, -0.05) is 0 Å². The number of amides is 1. The van der Waals surface area contributed by atoms with E-state index in [1.807, 2.05) is 10.9 Å². The molecule has 0 aliphatic carbocycles. The van der Waals surface area contributed by atoms with E-state index in [4.69, 9.17) is 9.47 Å². The molecule has 1 atom stereocenters. The third-order valence-corrected chi connectivity index (χ3v) is 5.35. The highest BCUT2D eigenvalue weighted by Crippen LogP contribution is 2.25. The summed E-state index contributed by atoms with van der Waals surface area (Å²) in [7, 11) is 2.90. The number of anilines is 2. The zero-order valence-corrected chi connectivity index (χ0v) is 18.0. The number of rotatable bonds is 8.